The molecule has 1 atom stereocenters. The largest absolute Gasteiger partial charge is 0.507 e. The second-order valence-corrected chi connectivity index (χ2v) is 7.63. The Morgan fingerprint density at radius 2 is 1.88 bits per heavy atom. The summed E-state index contributed by atoms with van der Waals surface area (Å²) >= 11 is 6.27. The molecule has 162 valence electrons. The first-order chi connectivity index (χ1) is 15.3. The number of nitrogens with zero attached hydrogens (tertiary/aromatic N) is 2. The number of benzene rings is 2. The van der Waals surface area contributed by atoms with Crippen molar-refractivity contribution in [3.63, 3.8) is 0 Å². The van der Waals surface area contributed by atoms with Gasteiger partial charge in [0, 0.05) is 11.9 Å². The molecule has 2 aromatic carbocycles. The van der Waals surface area contributed by atoms with Crippen molar-refractivity contribution in [2.45, 2.75) is 13.0 Å². The molecule has 8 heteroatoms. The van der Waals surface area contributed by atoms with Gasteiger partial charge in [0.25, 0.3) is 11.7 Å². The Labute approximate surface area is 188 Å². The quantitative estimate of drug-likeness (QED) is 0.349. The van der Waals surface area contributed by atoms with Gasteiger partial charge in [-0.25, -0.2) is 4.39 Å². The number of aliphatic hydroxyl groups excluding tert-OH is 1. The van der Waals surface area contributed by atoms with Crippen LogP contribution in [-0.4, -0.2) is 28.9 Å². The molecule has 2 heterocycles. The molecule has 0 aliphatic carbocycles. The lowest BCUT2D eigenvalue weighted by atomic mass is 9.97. The Morgan fingerprint density at radius 1 is 1.16 bits per heavy atom. The lowest BCUT2D eigenvalue weighted by molar-refractivity contribution is -0.132. The van der Waals surface area contributed by atoms with Crippen molar-refractivity contribution >= 4 is 34.7 Å². The first-order valence-electron chi connectivity index (χ1n) is 9.65. The number of ether oxygens (including phenoxy) is 1. The maximum Gasteiger partial charge on any atom is 0.300 e. The van der Waals surface area contributed by atoms with E-state index >= 15 is 0 Å². The maximum absolute atomic E-state index is 13.5. The Balaban J connectivity index is 1.99. The average molecular weight is 453 g/mol. The fraction of sp³-hybridized carbons (Fsp3) is 0.125. The number of methoxy groups -OCH3 is 1. The summed E-state index contributed by atoms with van der Waals surface area (Å²) in [6.45, 7) is 1.77. The van der Waals surface area contributed by atoms with E-state index in [1.807, 2.05) is 0 Å². The van der Waals surface area contributed by atoms with Crippen molar-refractivity contribution in [3.8, 4) is 5.75 Å². The predicted octanol–water partition coefficient (Wildman–Crippen LogP) is 4.82. The van der Waals surface area contributed by atoms with Crippen LogP contribution in [0.25, 0.3) is 5.76 Å². The third kappa shape index (κ3) is 3.61. The number of rotatable bonds is 4. The number of aryl methyl sites for hydroxylation is 1. The molecule has 0 radical (unpaired) electrons. The van der Waals surface area contributed by atoms with E-state index in [0.717, 1.165) is 5.56 Å². The van der Waals surface area contributed by atoms with Crippen LogP contribution in [0.15, 0.2) is 66.4 Å². The number of anilines is 1. The third-order valence-electron chi connectivity index (χ3n) is 5.16. The van der Waals surface area contributed by atoms with Crippen molar-refractivity contribution in [2.24, 2.45) is 0 Å². The van der Waals surface area contributed by atoms with Gasteiger partial charge >= 0.3 is 0 Å². The average Bonchev–Trinajstić information content (AvgIpc) is 3.04. The van der Waals surface area contributed by atoms with Gasteiger partial charge in [-0.05, 0) is 61.0 Å². The minimum absolute atomic E-state index is 0.169. The Kier molecular flexibility index (Phi) is 5.67. The molecule has 1 unspecified atom stereocenters. The van der Waals surface area contributed by atoms with Crippen LogP contribution in [0, 0.1) is 12.7 Å². The number of carbonyl (C=O) groups excluding carboxylic acids is 2. The number of pyridine rings is 1. The molecule has 1 aromatic heterocycles. The fourth-order valence-corrected chi connectivity index (χ4v) is 4.13. The van der Waals surface area contributed by atoms with Crippen molar-refractivity contribution in [1.29, 1.82) is 0 Å². The van der Waals surface area contributed by atoms with Crippen LogP contribution in [0.4, 0.5) is 10.1 Å². The molecule has 3 aromatic rings. The fourth-order valence-electron chi connectivity index (χ4n) is 3.78. The summed E-state index contributed by atoms with van der Waals surface area (Å²) in [6, 6.07) is 12.4. The number of carbonyl (C=O) groups is 2. The summed E-state index contributed by atoms with van der Waals surface area (Å²) in [5.74, 6) is -2.53. The number of hydrogen-bond donors (Lipinski definition) is 1. The van der Waals surface area contributed by atoms with Crippen molar-refractivity contribution < 1.29 is 23.8 Å². The van der Waals surface area contributed by atoms with Gasteiger partial charge in [0.05, 0.1) is 29.0 Å². The van der Waals surface area contributed by atoms with Crippen molar-refractivity contribution in [1.82, 2.24) is 4.98 Å². The number of aliphatic hydroxyl groups is 1. The molecule has 6 nitrogen and oxygen atoms in total. The SMILES string of the molecule is COc1c(Cl)cc(C)cc1/C(O)=C1\C(=O)C(=O)N(c2ccc(F)cc2)C1c1ccccn1. The monoisotopic (exact) mass is 452 g/mol. The molecule has 0 bridgehead atoms. The second-order valence-electron chi connectivity index (χ2n) is 7.23. The minimum Gasteiger partial charge on any atom is -0.507 e. The molecule has 1 amide bonds. The Hall–Kier alpha value is -3.71. The normalized spacial score (nSPS) is 17.6. The molecule has 0 saturated carbocycles. The van der Waals surface area contributed by atoms with Gasteiger partial charge in [-0.3, -0.25) is 19.5 Å². The molecule has 4 rings (SSSR count). The minimum atomic E-state index is -1.04. The van der Waals surface area contributed by atoms with Gasteiger partial charge in [-0.15, -0.1) is 0 Å². The van der Waals surface area contributed by atoms with E-state index in [1.54, 1.807) is 37.3 Å². The van der Waals surface area contributed by atoms with Crippen LogP contribution in [0.2, 0.25) is 5.02 Å². The smallest absolute Gasteiger partial charge is 0.300 e. The zero-order chi connectivity index (χ0) is 23.0. The van der Waals surface area contributed by atoms with Crippen molar-refractivity contribution in [2.75, 3.05) is 12.0 Å². The van der Waals surface area contributed by atoms with E-state index in [4.69, 9.17) is 16.3 Å². The number of Topliss-reactive ketones (excluding diaryl/α,β-unsaturated/α-hetero) is 1. The highest BCUT2D eigenvalue weighted by Gasteiger charge is 2.48. The van der Waals surface area contributed by atoms with Crippen molar-refractivity contribution in [3.05, 3.63) is 94.0 Å². The van der Waals surface area contributed by atoms with Gasteiger partial charge in [0.1, 0.15) is 23.4 Å². The van der Waals surface area contributed by atoms with Gasteiger partial charge in [-0.1, -0.05) is 17.7 Å². The first-order valence-corrected chi connectivity index (χ1v) is 10.0. The lowest BCUT2D eigenvalue weighted by Gasteiger charge is -2.24. The van der Waals surface area contributed by atoms with Crippen LogP contribution in [-0.2, 0) is 9.59 Å². The van der Waals surface area contributed by atoms with E-state index in [1.165, 1.54) is 42.5 Å². The van der Waals surface area contributed by atoms with E-state index < -0.39 is 29.3 Å². The van der Waals surface area contributed by atoms with E-state index in [9.17, 15) is 19.1 Å². The van der Waals surface area contributed by atoms with Crippen LogP contribution < -0.4 is 9.64 Å². The van der Waals surface area contributed by atoms with E-state index in [0.29, 0.717) is 5.69 Å². The number of halogens is 2. The van der Waals surface area contributed by atoms with Gasteiger partial charge in [0.15, 0.2) is 0 Å². The lowest BCUT2D eigenvalue weighted by Crippen LogP contribution is -2.29. The predicted molar refractivity (Wildman–Crippen MR) is 118 cm³/mol. The molecule has 0 spiro atoms. The Bertz CT molecular complexity index is 1240. The van der Waals surface area contributed by atoms with E-state index in [2.05, 4.69) is 4.98 Å². The summed E-state index contributed by atoms with van der Waals surface area (Å²) in [4.78, 5) is 31.7. The van der Waals surface area contributed by atoms with Gasteiger partial charge in [0.2, 0.25) is 0 Å². The summed E-state index contributed by atoms with van der Waals surface area (Å²) in [5, 5.41) is 11.5. The molecule has 1 aliphatic heterocycles. The first kappa shape index (κ1) is 21.5. The summed E-state index contributed by atoms with van der Waals surface area (Å²) in [6.07, 6.45) is 1.52. The zero-order valence-corrected chi connectivity index (χ0v) is 17.9. The van der Waals surface area contributed by atoms with Gasteiger partial charge < -0.3 is 9.84 Å². The molecule has 1 N–H and O–H groups in total. The van der Waals surface area contributed by atoms with Gasteiger partial charge in [-0.2, -0.15) is 0 Å². The second kappa shape index (κ2) is 8.43. The zero-order valence-electron chi connectivity index (χ0n) is 17.2. The molecule has 1 fully saturated rings. The molecule has 1 aliphatic rings. The highest BCUT2D eigenvalue weighted by atomic mass is 35.5. The standard InChI is InChI=1S/C24H18ClFN2O4/c1-13-11-16(23(32-2)17(25)12-13)21(29)19-20(18-5-3-4-10-27-18)28(24(31)22(19)30)15-8-6-14(26)7-9-15/h3-12,20,29H,1-2H3/b21-19+. The Morgan fingerprint density at radius 3 is 2.50 bits per heavy atom. The van der Waals surface area contributed by atoms with Crippen LogP contribution in [0.5, 0.6) is 5.75 Å². The molecule has 1 saturated heterocycles. The highest BCUT2D eigenvalue weighted by Crippen LogP contribution is 2.43. The topological polar surface area (TPSA) is 79.7 Å². The summed E-state index contributed by atoms with van der Waals surface area (Å²) in [7, 11) is 1.39. The van der Waals surface area contributed by atoms with Crippen LogP contribution in [0.1, 0.15) is 22.9 Å². The number of ketones is 1. The number of hydrogen-bond acceptors (Lipinski definition) is 5. The summed E-state index contributed by atoms with van der Waals surface area (Å²) in [5.41, 5.74) is 1.38. The van der Waals surface area contributed by atoms with E-state index in [-0.39, 0.29) is 27.6 Å². The summed E-state index contributed by atoms with van der Waals surface area (Å²) < 4.78 is 18.8. The molecular weight excluding hydrogens is 435 g/mol. The maximum atomic E-state index is 13.5. The van der Waals surface area contributed by atoms with Crippen LogP contribution in [0.3, 0.4) is 0 Å². The van der Waals surface area contributed by atoms with Crippen LogP contribution >= 0.6 is 11.6 Å². The molecule has 32 heavy (non-hydrogen) atoms. The third-order valence-corrected chi connectivity index (χ3v) is 5.45. The number of amides is 1. The number of aromatic nitrogens is 1. The highest BCUT2D eigenvalue weighted by molar-refractivity contribution is 6.51. The molecular formula is C24H18ClFN2O4.